The lowest BCUT2D eigenvalue weighted by Gasteiger charge is -2.16. The summed E-state index contributed by atoms with van der Waals surface area (Å²) in [6.07, 6.45) is 0. The van der Waals surface area contributed by atoms with Crippen LogP contribution in [0.5, 0.6) is 0 Å². The van der Waals surface area contributed by atoms with Crippen LogP contribution in [0.4, 0.5) is 0 Å². The molecule has 1 aromatic heterocycles. The Morgan fingerprint density at radius 1 is 1.13 bits per heavy atom. The predicted octanol–water partition coefficient (Wildman–Crippen LogP) is 4.09. The fraction of sp³-hybridized carbons (Fsp3) is 0.278. The number of ether oxygens (including phenoxy) is 1. The highest BCUT2D eigenvalue weighted by molar-refractivity contribution is 7.18. The van der Waals surface area contributed by atoms with Crippen LogP contribution in [0.2, 0.25) is 0 Å². The van der Waals surface area contributed by atoms with Crippen LogP contribution in [-0.4, -0.2) is 24.1 Å². The van der Waals surface area contributed by atoms with Crippen molar-refractivity contribution in [1.29, 1.82) is 0 Å². The van der Waals surface area contributed by atoms with Gasteiger partial charge >= 0.3 is 5.97 Å². The number of fused-ring (bicyclic) bond motifs is 3. The molecule has 1 heterocycles. The van der Waals surface area contributed by atoms with E-state index in [4.69, 9.17) is 4.74 Å². The Morgan fingerprint density at radius 2 is 1.78 bits per heavy atom. The van der Waals surface area contributed by atoms with Crippen molar-refractivity contribution in [3.05, 3.63) is 45.8 Å². The highest BCUT2D eigenvalue weighted by Gasteiger charge is 2.37. The summed E-state index contributed by atoms with van der Waals surface area (Å²) in [5.41, 5.74) is 2.11. The lowest BCUT2D eigenvalue weighted by molar-refractivity contribution is 0.0530. The van der Waals surface area contributed by atoms with Gasteiger partial charge < -0.3 is 4.74 Å². The van der Waals surface area contributed by atoms with Crippen molar-refractivity contribution < 1.29 is 19.1 Å². The first kappa shape index (κ1) is 15.6. The third kappa shape index (κ3) is 2.32. The number of ketones is 2. The molecular weight excluding hydrogens is 312 g/mol. The van der Waals surface area contributed by atoms with Gasteiger partial charge in [-0.2, -0.15) is 0 Å². The molecule has 2 aromatic rings. The Kier molecular flexibility index (Phi) is 3.90. The molecule has 0 aliphatic heterocycles. The second kappa shape index (κ2) is 5.74. The molecule has 0 bridgehead atoms. The zero-order valence-corrected chi connectivity index (χ0v) is 14.0. The fourth-order valence-corrected chi connectivity index (χ4v) is 4.26. The molecule has 4 nitrogen and oxygen atoms in total. The van der Waals surface area contributed by atoms with Crippen LogP contribution in [0.1, 0.15) is 62.6 Å². The molecule has 0 unspecified atom stereocenters. The number of esters is 1. The SMILES string of the molecule is CCOC(=O)c1sc2c(c1C(C)C)C(=O)C(=O)c1ccccc1-2. The molecule has 0 atom stereocenters. The van der Waals surface area contributed by atoms with Gasteiger partial charge in [0.2, 0.25) is 11.6 Å². The number of carbonyl (C=O) groups excluding carboxylic acids is 3. The molecule has 1 aliphatic rings. The van der Waals surface area contributed by atoms with Gasteiger partial charge in [-0.05, 0) is 18.4 Å². The van der Waals surface area contributed by atoms with Gasteiger partial charge in [0, 0.05) is 21.6 Å². The van der Waals surface area contributed by atoms with Gasteiger partial charge in [0.25, 0.3) is 0 Å². The van der Waals surface area contributed by atoms with E-state index in [9.17, 15) is 14.4 Å². The maximum Gasteiger partial charge on any atom is 0.348 e. The maximum absolute atomic E-state index is 12.6. The lowest BCUT2D eigenvalue weighted by atomic mass is 9.84. The number of thiophene rings is 1. The van der Waals surface area contributed by atoms with E-state index in [0.29, 0.717) is 26.4 Å². The molecule has 0 fully saturated rings. The first-order valence-corrected chi connectivity index (χ1v) is 8.31. The summed E-state index contributed by atoms with van der Waals surface area (Å²) in [6.45, 7) is 5.82. The van der Waals surface area contributed by atoms with Gasteiger partial charge in [-0.25, -0.2) is 4.79 Å². The number of carbonyl (C=O) groups is 3. The summed E-state index contributed by atoms with van der Waals surface area (Å²) in [5.74, 6) is -1.54. The number of hydrogen-bond acceptors (Lipinski definition) is 5. The van der Waals surface area contributed by atoms with E-state index in [1.165, 1.54) is 11.3 Å². The summed E-state index contributed by atoms with van der Waals surface area (Å²) >= 11 is 1.24. The van der Waals surface area contributed by atoms with Crippen LogP contribution in [0.3, 0.4) is 0 Å². The predicted molar refractivity (Wildman–Crippen MR) is 88.5 cm³/mol. The number of hydrogen-bond donors (Lipinski definition) is 0. The number of benzene rings is 1. The molecule has 118 valence electrons. The minimum atomic E-state index is -0.533. The van der Waals surface area contributed by atoms with E-state index in [1.807, 2.05) is 26.0 Å². The van der Waals surface area contributed by atoms with Crippen LogP contribution >= 0.6 is 11.3 Å². The molecule has 0 N–H and O–H groups in total. The molecule has 0 saturated carbocycles. The highest BCUT2D eigenvalue weighted by Crippen LogP contribution is 2.45. The van der Waals surface area contributed by atoms with Crippen LogP contribution in [0, 0.1) is 0 Å². The average Bonchev–Trinajstić information content (AvgIpc) is 2.94. The van der Waals surface area contributed by atoms with Crippen molar-refractivity contribution in [2.45, 2.75) is 26.7 Å². The Morgan fingerprint density at radius 3 is 2.39 bits per heavy atom. The molecule has 3 rings (SSSR count). The number of Topliss-reactive ketones (excluding diaryl/α,β-unsaturated/α-hetero) is 2. The van der Waals surface area contributed by atoms with Gasteiger partial charge in [-0.15, -0.1) is 11.3 Å². The summed E-state index contributed by atoms with van der Waals surface area (Å²) in [7, 11) is 0. The van der Waals surface area contributed by atoms with E-state index in [1.54, 1.807) is 19.1 Å². The zero-order chi connectivity index (χ0) is 16.7. The first-order valence-electron chi connectivity index (χ1n) is 7.49. The molecule has 0 saturated heterocycles. The standard InChI is InChI=1S/C18H16O4S/c1-4-22-18(21)17-12(9(2)3)13-15(20)14(19)10-7-5-6-8-11(10)16(13)23-17/h5-9H,4H2,1-3H3. The van der Waals surface area contributed by atoms with Crippen LogP contribution in [0.25, 0.3) is 10.4 Å². The van der Waals surface area contributed by atoms with Gasteiger partial charge in [0.1, 0.15) is 4.88 Å². The van der Waals surface area contributed by atoms with E-state index in [2.05, 4.69) is 0 Å². The van der Waals surface area contributed by atoms with Crippen LogP contribution < -0.4 is 0 Å². The summed E-state index contributed by atoms with van der Waals surface area (Å²) < 4.78 is 5.12. The van der Waals surface area contributed by atoms with Crippen LogP contribution in [0.15, 0.2) is 24.3 Å². The largest absolute Gasteiger partial charge is 0.462 e. The molecule has 0 amide bonds. The van der Waals surface area contributed by atoms with E-state index in [-0.39, 0.29) is 12.5 Å². The van der Waals surface area contributed by atoms with E-state index >= 15 is 0 Å². The highest BCUT2D eigenvalue weighted by atomic mass is 32.1. The Hall–Kier alpha value is -2.27. The average molecular weight is 328 g/mol. The summed E-state index contributed by atoms with van der Waals surface area (Å²) in [6, 6.07) is 7.02. The van der Waals surface area contributed by atoms with Crippen molar-refractivity contribution in [2.24, 2.45) is 0 Å². The van der Waals surface area contributed by atoms with Gasteiger partial charge in [0.05, 0.1) is 6.61 Å². The van der Waals surface area contributed by atoms with Crippen molar-refractivity contribution in [2.75, 3.05) is 6.61 Å². The van der Waals surface area contributed by atoms with Crippen molar-refractivity contribution in [3.63, 3.8) is 0 Å². The fourth-order valence-electron chi connectivity index (χ4n) is 2.87. The van der Waals surface area contributed by atoms with E-state index < -0.39 is 17.5 Å². The Labute approximate surface area is 138 Å². The summed E-state index contributed by atoms with van der Waals surface area (Å²) in [5, 5.41) is 0. The third-order valence-corrected chi connectivity index (χ3v) is 5.05. The molecule has 1 aromatic carbocycles. The van der Waals surface area contributed by atoms with Crippen molar-refractivity contribution in [3.8, 4) is 10.4 Å². The quantitative estimate of drug-likeness (QED) is 0.629. The van der Waals surface area contributed by atoms with Gasteiger partial charge in [-0.3, -0.25) is 9.59 Å². The van der Waals surface area contributed by atoms with E-state index in [0.717, 1.165) is 5.56 Å². The minimum absolute atomic E-state index is 0.0589. The zero-order valence-electron chi connectivity index (χ0n) is 13.1. The third-order valence-electron chi connectivity index (χ3n) is 3.83. The van der Waals surface area contributed by atoms with Crippen molar-refractivity contribution >= 4 is 28.9 Å². The number of rotatable bonds is 3. The molecule has 0 radical (unpaired) electrons. The molecule has 23 heavy (non-hydrogen) atoms. The van der Waals surface area contributed by atoms with Crippen molar-refractivity contribution in [1.82, 2.24) is 0 Å². The molecular formula is C18H16O4S. The van der Waals surface area contributed by atoms with Gasteiger partial charge in [-0.1, -0.05) is 38.1 Å². The monoisotopic (exact) mass is 328 g/mol. The topological polar surface area (TPSA) is 60.4 Å². The second-order valence-corrected chi connectivity index (χ2v) is 6.65. The molecule has 5 heteroatoms. The smallest absolute Gasteiger partial charge is 0.348 e. The first-order chi connectivity index (χ1) is 11.0. The molecule has 0 spiro atoms. The normalized spacial score (nSPS) is 13.0. The maximum atomic E-state index is 12.6. The Bertz CT molecular complexity index is 830. The molecule has 1 aliphatic carbocycles. The minimum Gasteiger partial charge on any atom is -0.462 e. The second-order valence-electron chi connectivity index (χ2n) is 5.63. The van der Waals surface area contributed by atoms with Gasteiger partial charge in [0.15, 0.2) is 0 Å². The summed E-state index contributed by atoms with van der Waals surface area (Å²) in [4.78, 5) is 38.4. The Balaban J connectivity index is 2.32. The lowest BCUT2D eigenvalue weighted by Crippen LogP contribution is -2.21. The van der Waals surface area contributed by atoms with Crippen LogP contribution in [-0.2, 0) is 4.74 Å².